The van der Waals surface area contributed by atoms with Gasteiger partial charge in [-0.25, -0.2) is 9.59 Å². The van der Waals surface area contributed by atoms with Gasteiger partial charge in [0, 0.05) is 97.2 Å². The van der Waals surface area contributed by atoms with Gasteiger partial charge < -0.3 is 82.3 Å². The van der Waals surface area contributed by atoms with Gasteiger partial charge in [0.25, 0.3) is 11.8 Å². The molecule has 1 fully saturated rings. The number of hydrogen-bond donors (Lipinski definition) is 12. The normalized spacial score (nSPS) is 19.3. The highest BCUT2D eigenvalue weighted by atomic mass is 127. The van der Waals surface area contributed by atoms with Gasteiger partial charge in [-0.15, -0.1) is 11.6 Å². The van der Waals surface area contributed by atoms with Crippen molar-refractivity contribution in [2.75, 3.05) is 58.7 Å². The molecule has 0 radical (unpaired) electrons. The first-order valence-electron chi connectivity index (χ1n) is 26.2. The molecule has 7 rings (SSSR count). The van der Waals surface area contributed by atoms with Crippen LogP contribution in [0.1, 0.15) is 78.8 Å². The number of primary amides is 1. The Balaban J connectivity index is 0.982. The molecule has 0 aliphatic carbocycles. The number of rotatable bonds is 25. The zero-order valence-corrected chi connectivity index (χ0v) is 47.5. The van der Waals surface area contributed by atoms with Crippen molar-refractivity contribution in [3.63, 3.8) is 0 Å². The second-order valence-electron chi connectivity index (χ2n) is 20.0. The summed E-state index contributed by atoms with van der Waals surface area (Å²) < 4.78 is 12.0. The molecular weight excluding hydrogens is 1190 g/mol. The lowest BCUT2D eigenvalue weighted by Crippen LogP contribution is -2.61. The van der Waals surface area contributed by atoms with E-state index in [0.717, 1.165) is 5.56 Å². The number of carboxylic acids is 1. The average Bonchev–Trinajstić information content (AvgIpc) is 3.45. The molecular formula is C55H66ClIN10O14. The van der Waals surface area contributed by atoms with Crippen molar-refractivity contribution in [1.82, 2.24) is 31.2 Å². The standard InChI is InChI=1S/C55H66ClIN10O14/c1-28(2)44(60-20-19-59-42(69)11-7-21-66(27-57)29(3)68)51(75)65-38(10-6-18-61-55(58)79)50(74)62-33-14-12-30(13-15-33)49(73)63-34-16-17-37-31(22-34)23-39(64-37)52(76)67-26-32(25-56)43-36-9-5-4-8-35(36)41(24-40(43)67)80-54-47(72)45(70)46(71)48(81-54)53(77)78/h4-5,8-9,12-17,22-24,28,32,38,44-48,54,60,64,70-72H,6-7,10-11,18-21,25-27H2,1-3H3,(H,59,69)(H,62,74)(H,63,73)(H,65,75)(H,77,78)(H3,58,61,79)/t32-,38+,44+,45+,46+,47-,48+,54+/m1/s1. The fourth-order valence-corrected chi connectivity index (χ4v) is 10.7. The van der Waals surface area contributed by atoms with Crippen LogP contribution in [0.2, 0.25) is 0 Å². The number of aromatic nitrogens is 1. The van der Waals surface area contributed by atoms with Crippen molar-refractivity contribution >= 4 is 120 Å². The minimum absolute atomic E-state index is 0.0624. The number of ether oxygens (including phenoxy) is 2. The Morgan fingerprint density at radius 3 is 2.25 bits per heavy atom. The van der Waals surface area contributed by atoms with E-state index in [9.17, 15) is 58.8 Å². The van der Waals surface area contributed by atoms with Crippen molar-refractivity contribution < 1.29 is 68.3 Å². The van der Waals surface area contributed by atoms with Gasteiger partial charge in [0.15, 0.2) is 6.10 Å². The Morgan fingerprint density at radius 2 is 1.58 bits per heavy atom. The molecule has 13 N–H and O–H groups in total. The number of nitrogens with zero attached hydrogens (tertiary/aromatic N) is 2. The number of anilines is 3. The molecule has 8 amide bonds. The van der Waals surface area contributed by atoms with E-state index < -0.39 is 78.4 Å². The molecule has 2 aliphatic rings. The van der Waals surface area contributed by atoms with Gasteiger partial charge in [-0.05, 0) is 84.7 Å². The van der Waals surface area contributed by atoms with Crippen LogP contribution in [0.25, 0.3) is 21.7 Å². The quantitative estimate of drug-likeness (QED) is 0.0172. The van der Waals surface area contributed by atoms with E-state index in [1.807, 2.05) is 19.9 Å². The summed E-state index contributed by atoms with van der Waals surface area (Å²) in [5, 5.41) is 59.9. The van der Waals surface area contributed by atoms with E-state index in [4.69, 9.17) is 26.8 Å². The second kappa shape index (κ2) is 28.0. The largest absolute Gasteiger partial charge is 0.479 e. The van der Waals surface area contributed by atoms with Gasteiger partial charge in [-0.1, -0.05) is 60.7 Å². The van der Waals surface area contributed by atoms with Gasteiger partial charge in [0.05, 0.1) is 16.3 Å². The number of benzene rings is 4. The molecule has 2 aliphatic heterocycles. The fraction of sp³-hybridized carbons (Fsp3) is 0.418. The van der Waals surface area contributed by atoms with Gasteiger partial charge >= 0.3 is 12.0 Å². The minimum Gasteiger partial charge on any atom is -0.479 e. The third-order valence-electron chi connectivity index (χ3n) is 13.9. The summed E-state index contributed by atoms with van der Waals surface area (Å²) in [5.74, 6) is -4.02. The van der Waals surface area contributed by atoms with Crippen molar-refractivity contribution in [3.8, 4) is 5.75 Å². The molecule has 8 atom stereocenters. The third-order valence-corrected chi connectivity index (χ3v) is 15.1. The van der Waals surface area contributed by atoms with Gasteiger partial charge in [-0.2, -0.15) is 0 Å². The summed E-state index contributed by atoms with van der Waals surface area (Å²) in [5.41, 5.74) is 8.18. The van der Waals surface area contributed by atoms with E-state index in [-0.39, 0.29) is 85.6 Å². The number of aromatic amines is 1. The Labute approximate surface area is 484 Å². The third kappa shape index (κ3) is 15.3. The minimum atomic E-state index is -1.93. The van der Waals surface area contributed by atoms with Crippen LogP contribution in [0.4, 0.5) is 21.9 Å². The number of aliphatic hydroxyl groups excluding tert-OH is 3. The molecule has 5 aromatic rings. The number of fused-ring (bicyclic) bond motifs is 4. The maximum atomic E-state index is 14.5. The maximum absolute atomic E-state index is 14.5. The summed E-state index contributed by atoms with van der Waals surface area (Å²) in [6, 6.07) is 18.9. The first kappa shape index (κ1) is 61.5. The zero-order chi connectivity index (χ0) is 58.7. The van der Waals surface area contributed by atoms with E-state index in [1.165, 1.54) is 36.1 Å². The number of urea groups is 1. The maximum Gasteiger partial charge on any atom is 0.335 e. The summed E-state index contributed by atoms with van der Waals surface area (Å²) in [6.07, 6.45) is -8.10. The Kier molecular flexibility index (Phi) is 21.3. The van der Waals surface area contributed by atoms with Crippen LogP contribution in [-0.2, 0) is 28.7 Å². The Morgan fingerprint density at radius 1 is 0.864 bits per heavy atom. The lowest BCUT2D eigenvalue weighted by atomic mass is 9.95. The highest BCUT2D eigenvalue weighted by Crippen LogP contribution is 2.47. The van der Waals surface area contributed by atoms with Crippen LogP contribution in [0.5, 0.6) is 5.75 Å². The number of carbonyl (C=O) groups excluding carboxylic acids is 7. The summed E-state index contributed by atoms with van der Waals surface area (Å²) >= 11 is 8.61. The summed E-state index contributed by atoms with van der Waals surface area (Å²) in [6.45, 7) is 6.45. The molecule has 434 valence electrons. The number of carbonyl (C=O) groups is 8. The van der Waals surface area contributed by atoms with Crippen molar-refractivity contribution in [2.45, 2.75) is 95.2 Å². The number of hydrogen-bond acceptors (Lipinski definition) is 14. The molecule has 0 spiro atoms. The van der Waals surface area contributed by atoms with E-state index in [1.54, 1.807) is 53.4 Å². The predicted octanol–water partition coefficient (Wildman–Crippen LogP) is 3.45. The van der Waals surface area contributed by atoms with Gasteiger partial charge in [0.2, 0.25) is 29.9 Å². The average molecular weight is 1250 g/mol. The van der Waals surface area contributed by atoms with Crippen LogP contribution < -0.4 is 47.3 Å². The van der Waals surface area contributed by atoms with E-state index in [2.05, 4.69) is 59.5 Å². The highest BCUT2D eigenvalue weighted by molar-refractivity contribution is 14.1. The smallest absolute Gasteiger partial charge is 0.335 e. The van der Waals surface area contributed by atoms with E-state index >= 15 is 0 Å². The van der Waals surface area contributed by atoms with E-state index in [0.29, 0.717) is 62.7 Å². The van der Waals surface area contributed by atoms with Crippen LogP contribution in [0.15, 0.2) is 78.9 Å². The fourth-order valence-electron chi connectivity index (χ4n) is 9.64. The number of nitrogens with one attached hydrogen (secondary N) is 7. The molecule has 24 nitrogen and oxygen atoms in total. The lowest BCUT2D eigenvalue weighted by molar-refractivity contribution is -0.270. The van der Waals surface area contributed by atoms with Crippen molar-refractivity contribution in [1.29, 1.82) is 0 Å². The molecule has 0 unspecified atom stereocenters. The zero-order valence-electron chi connectivity index (χ0n) is 44.6. The predicted molar refractivity (Wildman–Crippen MR) is 309 cm³/mol. The monoisotopic (exact) mass is 1250 g/mol. The SMILES string of the molecule is CC(=O)N(CI)CCCC(=O)NCCN[C@H](C(=O)N[C@@H](CCCNC(N)=O)C(=O)Nc1ccc(C(=O)Nc2ccc3[nH]c(C(=O)N4C[C@@H](CCl)c5c4cc(O[C@H]4O[C@H](C(=O)O)[C@@H](O)[C@H](O)[C@H]4O)c4ccccc54)cc3c2)cc1)C(C)C. The van der Waals surface area contributed by atoms with Crippen LogP contribution in [-0.4, -0.2) is 164 Å². The summed E-state index contributed by atoms with van der Waals surface area (Å²) in [7, 11) is 0. The topological polar surface area (TPSA) is 356 Å². The van der Waals surface area contributed by atoms with Crippen LogP contribution >= 0.6 is 34.2 Å². The molecule has 3 heterocycles. The molecule has 0 bridgehead atoms. The first-order valence-corrected chi connectivity index (χ1v) is 28.3. The number of aliphatic carboxylic acids is 1. The van der Waals surface area contributed by atoms with Gasteiger partial charge in [0.1, 0.15) is 35.8 Å². The Bertz CT molecular complexity index is 3130. The number of H-pyrrole nitrogens is 1. The second-order valence-corrected chi connectivity index (χ2v) is 21.0. The van der Waals surface area contributed by atoms with Crippen LogP contribution in [0, 0.1) is 5.92 Å². The van der Waals surface area contributed by atoms with Crippen molar-refractivity contribution in [2.24, 2.45) is 11.7 Å². The van der Waals surface area contributed by atoms with Crippen LogP contribution in [0.3, 0.4) is 0 Å². The number of nitrogens with two attached hydrogens (primary N) is 1. The number of aliphatic hydroxyl groups is 3. The molecule has 26 heteroatoms. The number of halogens is 2. The molecule has 4 aromatic carbocycles. The Hall–Kier alpha value is -7.14. The van der Waals surface area contributed by atoms with Gasteiger partial charge in [-0.3, -0.25) is 28.8 Å². The van der Waals surface area contributed by atoms with Crippen molar-refractivity contribution in [3.05, 3.63) is 95.7 Å². The molecule has 81 heavy (non-hydrogen) atoms. The number of amides is 8. The number of alkyl halides is 2. The first-order chi connectivity index (χ1) is 38.7. The number of carboxylic acid groups (broad SMARTS) is 1. The molecule has 0 saturated carbocycles. The molecule has 1 aromatic heterocycles. The summed E-state index contributed by atoms with van der Waals surface area (Å²) in [4.78, 5) is 109. The lowest BCUT2D eigenvalue weighted by Gasteiger charge is -2.38. The highest BCUT2D eigenvalue weighted by Gasteiger charge is 2.48. The molecule has 1 saturated heterocycles.